The molecule has 1 aromatic heterocycles. The van der Waals surface area contributed by atoms with Crippen LogP contribution in [0.2, 0.25) is 0 Å². The SMILES string of the molecule is CCCNCc1cnn(CC2CC2)c1. The number of nitrogens with one attached hydrogen (secondary N) is 1. The molecule has 0 aromatic carbocycles. The Labute approximate surface area is 85.5 Å². The van der Waals surface area contributed by atoms with E-state index in [0.29, 0.717) is 0 Å². The number of rotatable bonds is 6. The molecule has 1 heterocycles. The number of nitrogens with zero attached hydrogens (tertiary/aromatic N) is 2. The first-order chi connectivity index (χ1) is 6.88. The zero-order chi connectivity index (χ0) is 9.80. The summed E-state index contributed by atoms with van der Waals surface area (Å²) >= 11 is 0. The number of aromatic nitrogens is 2. The molecule has 1 aliphatic rings. The fourth-order valence-corrected chi connectivity index (χ4v) is 1.57. The van der Waals surface area contributed by atoms with Gasteiger partial charge in [-0.3, -0.25) is 4.68 Å². The molecule has 0 saturated heterocycles. The lowest BCUT2D eigenvalue weighted by Crippen LogP contribution is -2.13. The van der Waals surface area contributed by atoms with Crippen molar-refractivity contribution in [1.29, 1.82) is 0 Å². The molecule has 0 radical (unpaired) electrons. The van der Waals surface area contributed by atoms with E-state index in [9.17, 15) is 0 Å². The fraction of sp³-hybridized carbons (Fsp3) is 0.727. The van der Waals surface area contributed by atoms with Gasteiger partial charge in [0.25, 0.3) is 0 Å². The van der Waals surface area contributed by atoms with Crippen molar-refractivity contribution in [2.24, 2.45) is 5.92 Å². The summed E-state index contributed by atoms with van der Waals surface area (Å²) in [5, 5.41) is 7.73. The first kappa shape index (κ1) is 9.71. The minimum absolute atomic E-state index is 0.909. The van der Waals surface area contributed by atoms with Crippen molar-refractivity contribution in [2.45, 2.75) is 39.3 Å². The Morgan fingerprint density at radius 1 is 1.57 bits per heavy atom. The van der Waals surface area contributed by atoms with E-state index in [1.54, 1.807) is 0 Å². The van der Waals surface area contributed by atoms with E-state index in [4.69, 9.17) is 0 Å². The first-order valence-corrected chi connectivity index (χ1v) is 5.60. The summed E-state index contributed by atoms with van der Waals surface area (Å²) in [6, 6.07) is 0. The highest BCUT2D eigenvalue weighted by Crippen LogP contribution is 2.30. The van der Waals surface area contributed by atoms with E-state index in [1.807, 2.05) is 6.20 Å². The van der Waals surface area contributed by atoms with E-state index in [1.165, 1.54) is 24.8 Å². The highest BCUT2D eigenvalue weighted by Gasteiger charge is 2.21. The average Bonchev–Trinajstić information content (AvgIpc) is 2.87. The van der Waals surface area contributed by atoms with Crippen LogP contribution in [0.25, 0.3) is 0 Å². The largest absolute Gasteiger partial charge is 0.313 e. The van der Waals surface area contributed by atoms with Crippen LogP contribution in [-0.4, -0.2) is 16.3 Å². The normalized spacial score (nSPS) is 16.1. The summed E-state index contributed by atoms with van der Waals surface area (Å²) < 4.78 is 2.08. The fourth-order valence-electron chi connectivity index (χ4n) is 1.57. The number of hydrogen-bond donors (Lipinski definition) is 1. The third-order valence-corrected chi connectivity index (χ3v) is 2.58. The van der Waals surface area contributed by atoms with Gasteiger partial charge in [0.1, 0.15) is 0 Å². The van der Waals surface area contributed by atoms with Crippen LogP contribution in [0.5, 0.6) is 0 Å². The predicted octanol–water partition coefficient (Wildman–Crippen LogP) is 1.79. The Balaban J connectivity index is 1.76. The molecule has 0 bridgehead atoms. The summed E-state index contributed by atoms with van der Waals surface area (Å²) in [5.41, 5.74) is 1.30. The van der Waals surface area contributed by atoms with Gasteiger partial charge in [-0.15, -0.1) is 0 Å². The van der Waals surface area contributed by atoms with Crippen LogP contribution in [0.4, 0.5) is 0 Å². The van der Waals surface area contributed by atoms with E-state index in [-0.39, 0.29) is 0 Å². The number of hydrogen-bond acceptors (Lipinski definition) is 2. The smallest absolute Gasteiger partial charge is 0.0534 e. The third kappa shape index (κ3) is 2.84. The van der Waals surface area contributed by atoms with Crippen molar-refractivity contribution in [3.63, 3.8) is 0 Å². The Hall–Kier alpha value is -0.830. The first-order valence-electron chi connectivity index (χ1n) is 5.60. The van der Waals surface area contributed by atoms with Crippen LogP contribution in [0, 0.1) is 5.92 Å². The standard InChI is InChI=1S/C11H19N3/c1-2-5-12-6-11-7-13-14(9-11)8-10-3-4-10/h7,9-10,12H,2-6,8H2,1H3. The van der Waals surface area contributed by atoms with Crippen molar-refractivity contribution in [1.82, 2.24) is 15.1 Å². The van der Waals surface area contributed by atoms with Gasteiger partial charge >= 0.3 is 0 Å². The summed E-state index contributed by atoms with van der Waals surface area (Å²) in [5.74, 6) is 0.909. The van der Waals surface area contributed by atoms with Gasteiger partial charge in [0.05, 0.1) is 6.20 Å². The van der Waals surface area contributed by atoms with Crippen molar-refractivity contribution in [3.05, 3.63) is 18.0 Å². The Kier molecular flexibility index (Phi) is 3.19. The molecule has 3 nitrogen and oxygen atoms in total. The van der Waals surface area contributed by atoms with Gasteiger partial charge in [-0.2, -0.15) is 5.10 Å². The Morgan fingerprint density at radius 3 is 3.14 bits per heavy atom. The molecular weight excluding hydrogens is 174 g/mol. The molecule has 0 aliphatic heterocycles. The van der Waals surface area contributed by atoms with Gasteiger partial charge in [-0.05, 0) is 31.7 Å². The maximum Gasteiger partial charge on any atom is 0.0534 e. The molecule has 1 aromatic rings. The molecule has 2 rings (SSSR count). The van der Waals surface area contributed by atoms with Crippen LogP contribution >= 0.6 is 0 Å². The van der Waals surface area contributed by atoms with Crippen LogP contribution in [-0.2, 0) is 13.1 Å². The van der Waals surface area contributed by atoms with Crippen LogP contribution in [0.1, 0.15) is 31.7 Å². The van der Waals surface area contributed by atoms with Gasteiger partial charge in [-0.25, -0.2) is 0 Å². The monoisotopic (exact) mass is 193 g/mol. The van der Waals surface area contributed by atoms with Crippen molar-refractivity contribution >= 4 is 0 Å². The Bertz CT molecular complexity index is 276. The van der Waals surface area contributed by atoms with Crippen LogP contribution < -0.4 is 5.32 Å². The lowest BCUT2D eigenvalue weighted by molar-refractivity contribution is 0.562. The summed E-state index contributed by atoms with van der Waals surface area (Å²) in [4.78, 5) is 0. The maximum atomic E-state index is 4.35. The second kappa shape index (κ2) is 4.60. The topological polar surface area (TPSA) is 29.9 Å². The van der Waals surface area contributed by atoms with Crippen LogP contribution in [0.3, 0.4) is 0 Å². The minimum Gasteiger partial charge on any atom is -0.313 e. The molecule has 1 saturated carbocycles. The highest BCUT2D eigenvalue weighted by molar-refractivity contribution is 5.03. The van der Waals surface area contributed by atoms with E-state index in [0.717, 1.165) is 25.6 Å². The molecule has 1 fully saturated rings. The van der Waals surface area contributed by atoms with Crippen LogP contribution in [0.15, 0.2) is 12.4 Å². The summed E-state index contributed by atoms with van der Waals surface area (Å²) in [6.45, 7) is 5.35. The van der Waals surface area contributed by atoms with E-state index in [2.05, 4.69) is 28.2 Å². The molecule has 1 N–H and O–H groups in total. The zero-order valence-electron chi connectivity index (χ0n) is 8.87. The molecule has 0 amide bonds. The molecule has 1 aliphatic carbocycles. The third-order valence-electron chi connectivity index (χ3n) is 2.58. The minimum atomic E-state index is 0.909. The molecule has 14 heavy (non-hydrogen) atoms. The molecular formula is C11H19N3. The zero-order valence-corrected chi connectivity index (χ0v) is 8.87. The van der Waals surface area contributed by atoms with E-state index < -0.39 is 0 Å². The van der Waals surface area contributed by atoms with E-state index >= 15 is 0 Å². The highest BCUT2D eigenvalue weighted by atomic mass is 15.3. The van der Waals surface area contributed by atoms with Gasteiger partial charge in [0.15, 0.2) is 0 Å². The van der Waals surface area contributed by atoms with Gasteiger partial charge < -0.3 is 5.32 Å². The van der Waals surface area contributed by atoms with Gasteiger partial charge in [0.2, 0.25) is 0 Å². The molecule has 0 atom stereocenters. The molecule has 0 spiro atoms. The summed E-state index contributed by atoms with van der Waals surface area (Å²) in [6.07, 6.45) is 8.12. The predicted molar refractivity (Wildman–Crippen MR) is 56.9 cm³/mol. The summed E-state index contributed by atoms with van der Waals surface area (Å²) in [7, 11) is 0. The van der Waals surface area contributed by atoms with Gasteiger partial charge in [0, 0.05) is 24.8 Å². The van der Waals surface area contributed by atoms with Crippen molar-refractivity contribution in [3.8, 4) is 0 Å². The Morgan fingerprint density at radius 2 is 2.43 bits per heavy atom. The quantitative estimate of drug-likeness (QED) is 0.698. The average molecular weight is 193 g/mol. The maximum absolute atomic E-state index is 4.35. The second-order valence-electron chi connectivity index (χ2n) is 4.19. The lowest BCUT2D eigenvalue weighted by atomic mass is 10.3. The van der Waals surface area contributed by atoms with Crippen molar-refractivity contribution in [2.75, 3.05) is 6.54 Å². The lowest BCUT2D eigenvalue weighted by Gasteiger charge is -1.99. The molecule has 3 heteroatoms. The van der Waals surface area contributed by atoms with Crippen molar-refractivity contribution < 1.29 is 0 Å². The molecule has 0 unspecified atom stereocenters. The molecule has 78 valence electrons. The second-order valence-corrected chi connectivity index (χ2v) is 4.19. The van der Waals surface area contributed by atoms with Gasteiger partial charge in [-0.1, -0.05) is 6.92 Å².